The van der Waals surface area contributed by atoms with E-state index in [-0.39, 0.29) is 5.82 Å². The first kappa shape index (κ1) is 20.5. The van der Waals surface area contributed by atoms with E-state index in [4.69, 9.17) is 9.26 Å². The third-order valence-corrected chi connectivity index (χ3v) is 6.09. The number of halogens is 1. The number of anilines is 1. The quantitative estimate of drug-likeness (QED) is 0.403. The Labute approximate surface area is 184 Å². The van der Waals surface area contributed by atoms with Crippen molar-refractivity contribution in [3.63, 3.8) is 0 Å². The largest absolute Gasteiger partial charge is 0.449 e. The molecule has 2 N–H and O–H groups in total. The van der Waals surface area contributed by atoms with Crippen LogP contribution in [-0.4, -0.2) is 47.4 Å². The Bertz CT molecular complexity index is 1230. The molecule has 8 heteroatoms. The number of likely N-dealkylation sites (tertiary alicyclic amines) is 1. The molecule has 166 valence electrons. The van der Waals surface area contributed by atoms with Crippen molar-refractivity contribution in [2.24, 2.45) is 0 Å². The Morgan fingerprint density at radius 1 is 1.22 bits per heavy atom. The van der Waals surface area contributed by atoms with Crippen LogP contribution in [-0.2, 0) is 4.74 Å². The van der Waals surface area contributed by atoms with E-state index in [0.717, 1.165) is 60.9 Å². The monoisotopic (exact) mass is 436 g/mol. The van der Waals surface area contributed by atoms with Gasteiger partial charge in [-0.25, -0.2) is 9.18 Å². The summed E-state index contributed by atoms with van der Waals surface area (Å²) in [4.78, 5) is 17.5. The second-order valence-electron chi connectivity index (χ2n) is 8.22. The Hall–Kier alpha value is -3.39. The number of piperidine rings is 1. The zero-order valence-electron chi connectivity index (χ0n) is 17.6. The van der Waals surface area contributed by atoms with E-state index in [1.54, 1.807) is 6.07 Å². The van der Waals surface area contributed by atoms with E-state index in [1.165, 1.54) is 12.1 Å². The Kier molecular flexibility index (Phi) is 5.77. The van der Waals surface area contributed by atoms with Gasteiger partial charge in [-0.1, -0.05) is 11.2 Å². The highest BCUT2D eigenvalue weighted by Gasteiger charge is 2.25. The van der Waals surface area contributed by atoms with Crippen molar-refractivity contribution in [1.82, 2.24) is 15.0 Å². The summed E-state index contributed by atoms with van der Waals surface area (Å²) >= 11 is 0. The zero-order chi connectivity index (χ0) is 21.9. The molecule has 1 aliphatic heterocycles. The van der Waals surface area contributed by atoms with Crippen LogP contribution >= 0.6 is 0 Å². The lowest BCUT2D eigenvalue weighted by Crippen LogP contribution is -2.34. The van der Waals surface area contributed by atoms with E-state index >= 15 is 0 Å². The molecule has 1 fully saturated rings. The predicted molar refractivity (Wildman–Crippen MR) is 120 cm³/mol. The van der Waals surface area contributed by atoms with Gasteiger partial charge < -0.3 is 19.1 Å². The number of nitrogens with one attached hydrogen (secondary N) is 2. The zero-order valence-corrected chi connectivity index (χ0v) is 17.6. The van der Waals surface area contributed by atoms with Gasteiger partial charge in [-0.05, 0) is 68.1 Å². The SMILES string of the molecule is O=C(Nc1ccc2cc[nH]c2c1)OCCCN1CCC(c2noc3cc(F)ccc23)CC1. The van der Waals surface area contributed by atoms with Gasteiger partial charge in [0, 0.05) is 41.3 Å². The van der Waals surface area contributed by atoms with E-state index in [0.29, 0.717) is 23.8 Å². The minimum Gasteiger partial charge on any atom is -0.449 e. The van der Waals surface area contributed by atoms with E-state index in [1.807, 2.05) is 30.5 Å². The van der Waals surface area contributed by atoms with Gasteiger partial charge in [0.25, 0.3) is 0 Å². The van der Waals surface area contributed by atoms with Crippen LogP contribution in [0, 0.1) is 5.82 Å². The molecule has 1 saturated heterocycles. The van der Waals surface area contributed by atoms with Crippen LogP contribution in [0.1, 0.15) is 30.9 Å². The van der Waals surface area contributed by atoms with Crippen molar-refractivity contribution in [1.29, 1.82) is 0 Å². The van der Waals surface area contributed by atoms with Gasteiger partial charge in [0.1, 0.15) is 5.82 Å². The molecule has 0 atom stereocenters. The number of ether oxygens (including phenoxy) is 1. The van der Waals surface area contributed by atoms with E-state index in [2.05, 4.69) is 20.4 Å². The first-order valence-corrected chi connectivity index (χ1v) is 10.9. The number of aromatic nitrogens is 2. The molecule has 1 amide bonds. The molecular weight excluding hydrogens is 411 g/mol. The highest BCUT2D eigenvalue weighted by molar-refractivity contribution is 5.89. The molecule has 0 spiro atoms. The number of aromatic amines is 1. The molecule has 0 aliphatic carbocycles. The van der Waals surface area contributed by atoms with Crippen LogP contribution in [0.3, 0.4) is 0 Å². The number of hydrogen-bond donors (Lipinski definition) is 2. The van der Waals surface area contributed by atoms with Gasteiger partial charge in [-0.15, -0.1) is 0 Å². The van der Waals surface area contributed by atoms with Gasteiger partial charge in [-0.3, -0.25) is 5.32 Å². The van der Waals surface area contributed by atoms with Crippen molar-refractivity contribution in [3.8, 4) is 0 Å². The number of carbonyl (C=O) groups is 1. The van der Waals surface area contributed by atoms with Crippen molar-refractivity contribution in [3.05, 3.63) is 60.2 Å². The predicted octanol–water partition coefficient (Wildman–Crippen LogP) is 5.27. The molecule has 3 heterocycles. The van der Waals surface area contributed by atoms with Gasteiger partial charge >= 0.3 is 6.09 Å². The highest BCUT2D eigenvalue weighted by atomic mass is 19.1. The number of nitrogens with zero attached hydrogens (tertiary/aromatic N) is 2. The number of amides is 1. The summed E-state index contributed by atoms with van der Waals surface area (Å²) in [6.07, 6.45) is 4.15. The number of rotatable bonds is 6. The third kappa shape index (κ3) is 4.45. The topological polar surface area (TPSA) is 83.4 Å². The molecule has 0 saturated carbocycles. The summed E-state index contributed by atoms with van der Waals surface area (Å²) in [6.45, 7) is 3.14. The maximum absolute atomic E-state index is 13.4. The standard InChI is InChI=1S/C24H25FN4O3/c25-18-3-5-20-22(14-18)32-28-23(20)17-7-11-29(12-8-17)10-1-13-31-24(30)27-19-4-2-16-6-9-26-21(16)15-19/h2-6,9,14-15,17,26H,1,7-8,10-13H2,(H,27,30). The molecule has 2 aromatic heterocycles. The van der Waals surface area contributed by atoms with Gasteiger partial charge in [0.2, 0.25) is 0 Å². The fourth-order valence-corrected chi connectivity index (χ4v) is 4.39. The Morgan fingerprint density at radius 2 is 2.09 bits per heavy atom. The van der Waals surface area contributed by atoms with Crippen LogP contribution in [0.15, 0.2) is 53.2 Å². The van der Waals surface area contributed by atoms with Crippen LogP contribution in [0.4, 0.5) is 14.9 Å². The minimum absolute atomic E-state index is 0.312. The van der Waals surface area contributed by atoms with Crippen molar-refractivity contribution < 1.29 is 18.4 Å². The molecule has 1 aliphatic rings. The summed E-state index contributed by atoms with van der Waals surface area (Å²) < 4.78 is 24.0. The fourth-order valence-electron chi connectivity index (χ4n) is 4.39. The van der Waals surface area contributed by atoms with Crippen molar-refractivity contribution in [2.45, 2.75) is 25.2 Å². The summed E-state index contributed by atoms with van der Waals surface area (Å²) in [5, 5.41) is 8.97. The number of benzene rings is 2. The number of hydrogen-bond acceptors (Lipinski definition) is 5. The molecular formula is C24H25FN4O3. The molecule has 0 bridgehead atoms. The lowest BCUT2D eigenvalue weighted by Gasteiger charge is -2.31. The lowest BCUT2D eigenvalue weighted by atomic mass is 9.91. The molecule has 0 radical (unpaired) electrons. The van der Waals surface area contributed by atoms with Gasteiger partial charge in [-0.2, -0.15) is 0 Å². The van der Waals surface area contributed by atoms with Crippen LogP contribution in [0.25, 0.3) is 21.9 Å². The van der Waals surface area contributed by atoms with Crippen molar-refractivity contribution in [2.75, 3.05) is 31.6 Å². The molecule has 5 rings (SSSR count). The lowest BCUT2D eigenvalue weighted by molar-refractivity contribution is 0.145. The normalized spacial score (nSPS) is 15.4. The Balaban J connectivity index is 1.04. The summed E-state index contributed by atoms with van der Waals surface area (Å²) in [5.74, 6) is 0.00417. The first-order valence-electron chi connectivity index (χ1n) is 10.9. The molecule has 32 heavy (non-hydrogen) atoms. The van der Waals surface area contributed by atoms with Gasteiger partial charge in [0.05, 0.1) is 12.3 Å². The highest BCUT2D eigenvalue weighted by Crippen LogP contribution is 2.32. The first-order chi connectivity index (χ1) is 15.7. The number of H-pyrrole nitrogens is 1. The van der Waals surface area contributed by atoms with Gasteiger partial charge in [0.15, 0.2) is 5.58 Å². The second-order valence-corrected chi connectivity index (χ2v) is 8.22. The molecule has 2 aromatic carbocycles. The average molecular weight is 436 g/mol. The number of fused-ring (bicyclic) bond motifs is 2. The van der Waals surface area contributed by atoms with E-state index in [9.17, 15) is 9.18 Å². The van der Waals surface area contributed by atoms with Crippen LogP contribution in [0.5, 0.6) is 0 Å². The smallest absolute Gasteiger partial charge is 0.411 e. The molecule has 4 aromatic rings. The van der Waals surface area contributed by atoms with Crippen LogP contribution < -0.4 is 5.32 Å². The van der Waals surface area contributed by atoms with Crippen LogP contribution in [0.2, 0.25) is 0 Å². The molecule has 0 unspecified atom stereocenters. The summed E-state index contributed by atoms with van der Waals surface area (Å²) in [6, 6.07) is 12.3. The average Bonchev–Trinajstić information content (AvgIpc) is 3.43. The fraction of sp³-hybridized carbons (Fsp3) is 0.333. The van der Waals surface area contributed by atoms with E-state index < -0.39 is 6.09 Å². The number of carbonyl (C=O) groups excluding carboxylic acids is 1. The summed E-state index contributed by atoms with van der Waals surface area (Å²) in [7, 11) is 0. The molecule has 7 nitrogen and oxygen atoms in total. The maximum Gasteiger partial charge on any atom is 0.411 e. The third-order valence-electron chi connectivity index (χ3n) is 6.09. The summed E-state index contributed by atoms with van der Waals surface area (Å²) in [5.41, 5.74) is 3.11. The van der Waals surface area contributed by atoms with Crippen molar-refractivity contribution >= 4 is 33.7 Å². The second kappa shape index (κ2) is 9.00. The minimum atomic E-state index is -0.441. The maximum atomic E-state index is 13.4. The Morgan fingerprint density at radius 3 is 2.97 bits per heavy atom.